The van der Waals surface area contributed by atoms with E-state index in [1.807, 2.05) is 11.0 Å². The molecule has 4 rings (SSSR count). The van der Waals surface area contributed by atoms with Gasteiger partial charge in [-0.25, -0.2) is 22.2 Å². The quantitative estimate of drug-likeness (QED) is 0.559. The predicted octanol–water partition coefficient (Wildman–Crippen LogP) is 3.23. The van der Waals surface area contributed by atoms with Crippen LogP contribution in [0.5, 0.6) is 0 Å². The molecule has 0 radical (unpaired) electrons. The second kappa shape index (κ2) is 8.88. The molecule has 1 aliphatic rings. The lowest BCUT2D eigenvalue weighted by Gasteiger charge is -2.34. The van der Waals surface area contributed by atoms with Crippen molar-refractivity contribution in [1.29, 1.82) is 0 Å². The molecule has 164 valence electrons. The van der Waals surface area contributed by atoms with E-state index in [1.54, 1.807) is 29.2 Å². The second-order valence-electron chi connectivity index (χ2n) is 7.43. The van der Waals surface area contributed by atoms with Gasteiger partial charge >= 0.3 is 0 Å². The van der Waals surface area contributed by atoms with E-state index in [0.717, 1.165) is 6.07 Å². The number of amides is 1. The number of aromatic nitrogens is 1. The molecule has 1 fully saturated rings. The molecule has 6 nitrogen and oxygen atoms in total. The van der Waals surface area contributed by atoms with Gasteiger partial charge in [0, 0.05) is 38.7 Å². The molecular formula is C21H21F2N3O3S2. The maximum absolute atomic E-state index is 13.9. The summed E-state index contributed by atoms with van der Waals surface area (Å²) >= 11 is 1.21. The molecule has 0 bridgehead atoms. The van der Waals surface area contributed by atoms with Crippen molar-refractivity contribution < 1.29 is 22.0 Å². The van der Waals surface area contributed by atoms with Crippen LogP contribution in [0.3, 0.4) is 0 Å². The van der Waals surface area contributed by atoms with Gasteiger partial charge in [-0.15, -0.1) is 0 Å². The summed E-state index contributed by atoms with van der Waals surface area (Å²) in [5.41, 5.74) is 0.847. The van der Waals surface area contributed by atoms with Crippen molar-refractivity contribution in [3.05, 3.63) is 59.7 Å². The van der Waals surface area contributed by atoms with E-state index >= 15 is 0 Å². The van der Waals surface area contributed by atoms with Gasteiger partial charge in [0.25, 0.3) is 0 Å². The molecule has 1 aliphatic heterocycles. The first-order valence-electron chi connectivity index (χ1n) is 9.83. The van der Waals surface area contributed by atoms with Gasteiger partial charge in [0.2, 0.25) is 5.91 Å². The number of sulfone groups is 1. The van der Waals surface area contributed by atoms with Crippen LogP contribution in [0.25, 0.3) is 10.2 Å². The van der Waals surface area contributed by atoms with E-state index in [-0.39, 0.29) is 29.4 Å². The summed E-state index contributed by atoms with van der Waals surface area (Å²) in [5.74, 6) is -1.80. The number of hydrogen-bond acceptors (Lipinski definition) is 6. The second-order valence-corrected chi connectivity index (χ2v) is 10.6. The van der Waals surface area contributed by atoms with E-state index in [9.17, 15) is 22.0 Å². The highest BCUT2D eigenvalue weighted by Crippen LogP contribution is 2.31. The predicted molar refractivity (Wildman–Crippen MR) is 117 cm³/mol. The van der Waals surface area contributed by atoms with Crippen LogP contribution >= 0.6 is 11.3 Å². The average Bonchev–Trinajstić information content (AvgIpc) is 3.17. The minimum Gasteiger partial charge on any atom is -0.345 e. The maximum atomic E-state index is 13.9. The number of piperazine rings is 1. The van der Waals surface area contributed by atoms with Crippen LogP contribution in [-0.4, -0.2) is 56.1 Å². The number of hydrogen-bond donors (Lipinski definition) is 0. The number of anilines is 1. The molecule has 0 unspecified atom stereocenters. The summed E-state index contributed by atoms with van der Waals surface area (Å²) in [7, 11) is -3.38. The SMILES string of the molecule is O=C(CCS(=O)(=O)Cc1ccccc1)N1CCN(c2nc3c(F)cc(F)cc3s2)CC1. The Balaban J connectivity index is 1.31. The lowest BCUT2D eigenvalue weighted by Crippen LogP contribution is -2.49. The normalized spacial score (nSPS) is 14.9. The third kappa shape index (κ3) is 5.19. The number of nitrogens with zero attached hydrogens (tertiary/aromatic N) is 3. The fraction of sp³-hybridized carbons (Fsp3) is 0.333. The molecule has 1 aromatic heterocycles. The Morgan fingerprint density at radius 2 is 1.77 bits per heavy atom. The van der Waals surface area contributed by atoms with Crippen molar-refractivity contribution in [3.8, 4) is 0 Å². The van der Waals surface area contributed by atoms with Crippen LogP contribution in [0.4, 0.5) is 13.9 Å². The van der Waals surface area contributed by atoms with Crippen molar-refractivity contribution in [3.63, 3.8) is 0 Å². The first-order chi connectivity index (χ1) is 14.8. The molecule has 1 amide bonds. The summed E-state index contributed by atoms with van der Waals surface area (Å²) in [6.07, 6.45) is -0.0548. The Morgan fingerprint density at radius 1 is 1.06 bits per heavy atom. The lowest BCUT2D eigenvalue weighted by molar-refractivity contribution is -0.131. The van der Waals surface area contributed by atoms with Gasteiger partial charge in [-0.2, -0.15) is 0 Å². The van der Waals surface area contributed by atoms with Crippen LogP contribution in [0, 0.1) is 11.6 Å². The molecule has 0 atom stereocenters. The molecule has 3 aromatic rings. The molecular weight excluding hydrogens is 444 g/mol. The summed E-state index contributed by atoms with van der Waals surface area (Å²) < 4.78 is 52.4. The van der Waals surface area contributed by atoms with Crippen LogP contribution in [0.1, 0.15) is 12.0 Å². The van der Waals surface area contributed by atoms with Gasteiger partial charge in [-0.3, -0.25) is 4.79 Å². The van der Waals surface area contributed by atoms with Crippen LogP contribution in [0.2, 0.25) is 0 Å². The molecule has 0 N–H and O–H groups in total. The lowest BCUT2D eigenvalue weighted by atomic mass is 10.2. The molecule has 0 aliphatic carbocycles. The highest BCUT2D eigenvalue weighted by Gasteiger charge is 2.25. The third-order valence-corrected chi connectivity index (χ3v) is 7.82. The van der Waals surface area contributed by atoms with Crippen molar-refractivity contribution >= 4 is 42.4 Å². The molecule has 31 heavy (non-hydrogen) atoms. The summed E-state index contributed by atoms with van der Waals surface area (Å²) in [4.78, 5) is 20.3. The molecule has 2 aromatic carbocycles. The van der Waals surface area contributed by atoms with E-state index in [4.69, 9.17) is 0 Å². The first-order valence-corrected chi connectivity index (χ1v) is 12.5. The molecule has 10 heteroatoms. The number of thiazole rings is 1. The highest BCUT2D eigenvalue weighted by atomic mass is 32.2. The minimum atomic E-state index is -3.38. The Bertz CT molecular complexity index is 1190. The largest absolute Gasteiger partial charge is 0.345 e. The van der Waals surface area contributed by atoms with Crippen LogP contribution in [0.15, 0.2) is 42.5 Å². The monoisotopic (exact) mass is 465 g/mol. The zero-order chi connectivity index (χ0) is 22.0. The van der Waals surface area contributed by atoms with E-state index in [0.29, 0.717) is 41.6 Å². The van der Waals surface area contributed by atoms with Gasteiger partial charge in [-0.05, 0) is 11.6 Å². The van der Waals surface area contributed by atoms with Gasteiger partial charge in [0.05, 0.1) is 16.2 Å². The van der Waals surface area contributed by atoms with Gasteiger partial charge in [0.1, 0.15) is 11.3 Å². The van der Waals surface area contributed by atoms with Crippen LogP contribution < -0.4 is 4.90 Å². The number of fused-ring (bicyclic) bond motifs is 1. The number of carbonyl (C=O) groups is 1. The van der Waals surface area contributed by atoms with E-state index in [1.165, 1.54) is 17.4 Å². The van der Waals surface area contributed by atoms with Gasteiger partial charge in [-0.1, -0.05) is 41.7 Å². The Labute approximate surface area is 183 Å². The highest BCUT2D eigenvalue weighted by molar-refractivity contribution is 7.90. The number of rotatable bonds is 6. The molecule has 0 spiro atoms. The third-order valence-electron chi connectivity index (χ3n) is 5.16. The summed E-state index contributed by atoms with van der Waals surface area (Å²) in [6, 6.07) is 11.0. The van der Waals surface area contributed by atoms with E-state index in [2.05, 4.69) is 4.98 Å². The number of carbonyl (C=O) groups excluding carboxylic acids is 1. The van der Waals surface area contributed by atoms with E-state index < -0.39 is 21.5 Å². The summed E-state index contributed by atoms with van der Waals surface area (Å²) in [5, 5.41) is 0.581. The zero-order valence-electron chi connectivity index (χ0n) is 16.6. The Morgan fingerprint density at radius 3 is 2.48 bits per heavy atom. The first kappa shape index (κ1) is 21.6. The topological polar surface area (TPSA) is 70.6 Å². The summed E-state index contributed by atoms with van der Waals surface area (Å²) in [6.45, 7) is 1.83. The maximum Gasteiger partial charge on any atom is 0.223 e. The minimum absolute atomic E-state index is 0.0548. The zero-order valence-corrected chi connectivity index (χ0v) is 18.3. The smallest absolute Gasteiger partial charge is 0.223 e. The number of halogens is 2. The van der Waals surface area contributed by atoms with Crippen molar-refractivity contribution in [2.24, 2.45) is 0 Å². The van der Waals surface area contributed by atoms with Gasteiger partial charge in [0.15, 0.2) is 20.8 Å². The standard InChI is InChI=1S/C21H21F2N3O3S2/c22-16-12-17(23)20-18(13-16)30-21(24-20)26-9-7-25(8-10-26)19(27)6-11-31(28,29)14-15-4-2-1-3-5-15/h1-5,12-13H,6-11,14H2. The number of benzene rings is 2. The molecule has 2 heterocycles. The molecule has 0 saturated carbocycles. The van der Waals surface area contributed by atoms with Crippen molar-refractivity contribution in [2.45, 2.75) is 12.2 Å². The molecule has 1 saturated heterocycles. The average molecular weight is 466 g/mol. The Kier molecular flexibility index (Phi) is 6.19. The Hall–Kier alpha value is -2.59. The fourth-order valence-corrected chi connectivity index (χ4v) is 5.92. The van der Waals surface area contributed by atoms with Crippen molar-refractivity contribution in [2.75, 3.05) is 36.8 Å². The van der Waals surface area contributed by atoms with Gasteiger partial charge < -0.3 is 9.80 Å². The fourth-order valence-electron chi connectivity index (χ4n) is 3.53. The van der Waals surface area contributed by atoms with Crippen LogP contribution in [-0.2, 0) is 20.4 Å². The van der Waals surface area contributed by atoms with Crippen molar-refractivity contribution in [1.82, 2.24) is 9.88 Å².